The van der Waals surface area contributed by atoms with E-state index in [1.165, 1.54) is 26.2 Å². The molecule has 4 atom stereocenters. The number of carboxylic acids is 2. The van der Waals surface area contributed by atoms with Crippen molar-refractivity contribution in [2.75, 3.05) is 14.2 Å². The van der Waals surface area contributed by atoms with Gasteiger partial charge in [0.2, 0.25) is 0 Å². The number of hydrogen-bond donors (Lipinski definition) is 3. The summed E-state index contributed by atoms with van der Waals surface area (Å²) in [5.74, 6) is -2.30. The van der Waals surface area contributed by atoms with Gasteiger partial charge in [0, 0.05) is 109 Å². The van der Waals surface area contributed by atoms with Crippen LogP contribution in [0.15, 0.2) is 112 Å². The zero-order chi connectivity index (χ0) is 61.1. The summed E-state index contributed by atoms with van der Waals surface area (Å²) in [5, 5.41) is 27.7. The number of hydrogen-bond acceptors (Lipinski definition) is 11. The van der Waals surface area contributed by atoms with Gasteiger partial charge in [-0.3, -0.25) is 24.1 Å². The van der Waals surface area contributed by atoms with Gasteiger partial charge in [0.1, 0.15) is 6.04 Å². The van der Waals surface area contributed by atoms with Gasteiger partial charge in [0.15, 0.2) is 0 Å². The molecule has 0 aromatic heterocycles. The summed E-state index contributed by atoms with van der Waals surface area (Å²) in [7, 11) is 42.6. The van der Waals surface area contributed by atoms with Gasteiger partial charge in [-0.05, 0) is 86.8 Å². The van der Waals surface area contributed by atoms with Crippen LogP contribution in [0, 0.1) is 17.8 Å². The van der Waals surface area contributed by atoms with Crippen LogP contribution in [0.1, 0.15) is 72.7 Å². The van der Waals surface area contributed by atoms with Gasteiger partial charge in [0.05, 0.1) is 51.6 Å². The molecule has 0 aliphatic rings. The monoisotopic (exact) mass is 1140 g/mol. The number of carbonyl (C=O) groups is 4. The van der Waals surface area contributed by atoms with Crippen LogP contribution in [0.25, 0.3) is 47.3 Å². The molecular formula is C46H60B12ClLiN13NaO9. The molecule has 4 rings (SSSR count). The van der Waals surface area contributed by atoms with Crippen molar-refractivity contribution in [3.8, 4) is 0 Å². The average molecular weight is 1130 g/mol. The summed E-state index contributed by atoms with van der Waals surface area (Å²) in [4.78, 5) is 53.2. The van der Waals surface area contributed by atoms with Gasteiger partial charge in [0.25, 0.3) is 0 Å². The maximum Gasteiger partial charge on any atom is 1.00 e. The number of halogens is 1. The quantitative estimate of drug-likeness (QED) is 0.0276. The second-order valence-electron chi connectivity index (χ2n) is 16.0. The van der Waals surface area contributed by atoms with E-state index in [2.05, 4.69) is 78.2 Å². The Hall–Kier alpha value is -5.41. The average Bonchev–Trinajstić information content (AvgIpc) is 3.43. The predicted molar refractivity (Wildman–Crippen MR) is 331 cm³/mol. The number of nitrogens with two attached hydrogens (primary N) is 1. The molecule has 408 valence electrons. The van der Waals surface area contributed by atoms with Crippen LogP contribution in [0.5, 0.6) is 0 Å². The molecule has 0 saturated heterocycles. The van der Waals surface area contributed by atoms with E-state index in [9.17, 15) is 19.2 Å². The van der Waals surface area contributed by atoms with E-state index in [-0.39, 0.29) is 97.4 Å². The van der Waals surface area contributed by atoms with Crippen LogP contribution in [-0.4, -0.2) is 149 Å². The minimum Gasteiger partial charge on any atom is -0.870 e. The van der Waals surface area contributed by atoms with Crippen LogP contribution in [-0.2, 0) is 79.8 Å². The molecule has 4 aromatic rings. The van der Waals surface area contributed by atoms with Crippen molar-refractivity contribution < 1.29 is 92.8 Å². The maximum atomic E-state index is 11.2. The summed E-state index contributed by atoms with van der Waals surface area (Å²) < 4.78 is 9.34. The van der Waals surface area contributed by atoms with E-state index in [4.69, 9.17) is 78.4 Å². The first kappa shape index (κ1) is 94.0. The number of benzene rings is 4. The van der Waals surface area contributed by atoms with Crippen molar-refractivity contribution in [1.29, 1.82) is 0 Å². The standard InChI is InChI=1S/C12H15ClO2.C12H15N3O2.C11H13N3O2.C10H12N4O2.CH4.B5.B4.B3.Li.N3.Na.H2O/c1-9(12(14)15-2)7-10-3-5-11(8-13)6-4-10;1-9(12(16)17-2)7-10-3-5-11(6-4-10)8-14-15-13;1-8(11(15)16)6-9-2-4-10(5-3-9)7-13-14-12;11-9(10(15)16)5-7-1-3-8(4-2-7)6-13-14-12;;1-4-5(2)3;1-4(2)3;1-3-2;;1-3-2;;/h3-6,9H,7-8H2,1-2H3;3-6,9H,7-8H2,1-2H3;2-5,8H,6-7H2,1H3,(H,15,16);1-4,9H,5-6,11H2,(H,15,16);1H4;;;;;;;1H2/q;;;;;;;;+1;-1;+1;/p-1/t2*9-;8-;9-;;;;;;;;/m0000......../s1. The molecule has 0 aliphatic heterocycles. The van der Waals surface area contributed by atoms with E-state index in [1.807, 2.05) is 86.6 Å². The molecule has 0 spiro atoms. The zero-order valence-electron chi connectivity index (χ0n) is 47.2. The fourth-order valence-corrected chi connectivity index (χ4v) is 5.68. The van der Waals surface area contributed by atoms with Crippen LogP contribution in [0.4, 0.5) is 0 Å². The van der Waals surface area contributed by atoms with Crippen LogP contribution in [0.3, 0.4) is 0 Å². The smallest absolute Gasteiger partial charge is 0.870 e. The normalized spacial score (nSPS) is 9.92. The van der Waals surface area contributed by atoms with Crippen molar-refractivity contribution in [2.45, 2.75) is 85.4 Å². The van der Waals surface area contributed by atoms with Crippen molar-refractivity contribution in [3.05, 3.63) is 189 Å². The van der Waals surface area contributed by atoms with Gasteiger partial charge in [-0.25, -0.2) is 0 Å². The van der Waals surface area contributed by atoms with Gasteiger partial charge in [-0.1, -0.05) is 141 Å². The van der Waals surface area contributed by atoms with E-state index in [0.29, 0.717) is 44.8 Å². The third-order valence-electron chi connectivity index (χ3n) is 9.45. The minimum absolute atomic E-state index is 0. The van der Waals surface area contributed by atoms with E-state index in [1.54, 1.807) is 31.2 Å². The molecule has 0 unspecified atom stereocenters. The van der Waals surface area contributed by atoms with E-state index < -0.39 is 30.8 Å². The maximum absolute atomic E-state index is 11.2. The first-order chi connectivity index (χ1) is 37.4. The number of rotatable bonds is 20. The molecule has 5 N–H and O–H groups in total. The van der Waals surface area contributed by atoms with Crippen molar-refractivity contribution in [2.24, 2.45) is 38.8 Å². The molecule has 0 fully saturated rings. The van der Waals surface area contributed by atoms with Gasteiger partial charge < -0.3 is 42.0 Å². The molecule has 0 heterocycles. The molecule has 0 aliphatic carbocycles. The molecule has 4 aromatic carbocycles. The first-order valence-electron chi connectivity index (χ1n) is 23.3. The summed E-state index contributed by atoms with van der Waals surface area (Å²) in [6.07, 6.45) is 1.02. The first-order valence-corrected chi connectivity index (χ1v) is 23.8. The van der Waals surface area contributed by atoms with Crippen LogP contribution >= 0.6 is 11.6 Å². The second-order valence-corrected chi connectivity index (χ2v) is 16.3. The van der Waals surface area contributed by atoms with Gasteiger partial charge in [-0.2, -0.15) is 0 Å². The number of methoxy groups -OCH3 is 2. The number of carboxylic acid groups (broad SMARTS) is 2. The van der Waals surface area contributed by atoms with E-state index in [0.717, 1.165) is 51.6 Å². The minimum atomic E-state index is -1.02. The molecule has 18 radical (unpaired) electrons. The largest absolute Gasteiger partial charge is 1.00 e. The molecule has 37 heteroatoms. The Kier molecular flexibility index (Phi) is 70.9. The Bertz CT molecular complexity index is 2410. The molecule has 0 amide bonds. The number of carbonyl (C=O) groups excluding carboxylic acids is 2. The van der Waals surface area contributed by atoms with Gasteiger partial charge >= 0.3 is 72.3 Å². The van der Waals surface area contributed by atoms with Crippen molar-refractivity contribution >= 4 is 124 Å². The SMILES string of the molecule is C.COC(=O)[C@@H](C)Cc1ccc(CCl)cc1.COC(=O)[C@@H](C)Cc1ccc(CN=[N+]=[N-])cc1.C[C@@H](Cc1ccc(CN=[N+]=[N-])cc1)C(=O)O.[B]B([B])[B].[B][B]B([B])[B].[B][B][B].[Li+].[N-]=[N+]=NCc1ccc(C[C@H](N)C(=O)O)cc1.[N-]=[N+]=[N-].[Na+].[OH-]. The van der Waals surface area contributed by atoms with Crippen molar-refractivity contribution in [3.63, 3.8) is 0 Å². The molecular weight excluding hydrogens is 1070 g/mol. The van der Waals surface area contributed by atoms with Crippen LogP contribution in [0.2, 0.25) is 0 Å². The molecule has 0 bridgehead atoms. The van der Waals surface area contributed by atoms with E-state index >= 15 is 0 Å². The number of alkyl halides is 1. The predicted octanol–water partition coefficient (Wildman–Crippen LogP) is 0.601. The number of nitrogens with zero attached hydrogens (tertiary/aromatic N) is 12. The Balaban J connectivity index is -0.000000137. The number of azide groups is 3. The number of ether oxygens (including phenoxy) is 2. The number of aliphatic carboxylic acids is 2. The summed E-state index contributed by atoms with van der Waals surface area (Å²) in [5.41, 5.74) is 51.2. The second kappa shape index (κ2) is 62.6. The fourth-order valence-electron chi connectivity index (χ4n) is 5.50. The Morgan fingerprint density at radius 2 is 0.783 bits per heavy atom. The summed E-state index contributed by atoms with van der Waals surface area (Å²) in [6, 6.07) is 29.3. The fraction of sp³-hybridized carbons (Fsp3) is 0.391. The Morgan fingerprint density at radius 3 is 0.976 bits per heavy atom. The van der Waals surface area contributed by atoms with Crippen molar-refractivity contribution in [1.82, 2.24) is 0 Å². The molecule has 22 nitrogen and oxygen atoms in total. The zero-order valence-corrected chi connectivity index (χ0v) is 50.0. The molecule has 83 heavy (non-hydrogen) atoms. The third-order valence-corrected chi connectivity index (χ3v) is 9.75. The van der Waals surface area contributed by atoms with Crippen LogP contribution < -0.4 is 54.2 Å². The summed E-state index contributed by atoms with van der Waals surface area (Å²) >= 11 is 5.68. The number of esters is 2. The summed E-state index contributed by atoms with van der Waals surface area (Å²) in [6.45, 7) is 6.34. The Morgan fingerprint density at radius 1 is 0.566 bits per heavy atom. The topological polar surface area (TPSA) is 388 Å². The third kappa shape index (κ3) is 56.8. The molecule has 0 saturated carbocycles. The van der Waals surface area contributed by atoms with Gasteiger partial charge in [-0.15, -0.1) is 11.6 Å². The Labute approximate surface area is 540 Å².